The highest BCUT2D eigenvalue weighted by molar-refractivity contribution is 7.89. The number of H-pyrrole nitrogens is 1. The van der Waals surface area contributed by atoms with E-state index in [1.54, 1.807) is 41.1 Å². The molecule has 2 aromatic heterocycles. The number of piperidine rings is 1. The first-order valence-corrected chi connectivity index (χ1v) is 9.43. The Morgan fingerprint density at radius 3 is 2.88 bits per heavy atom. The van der Waals surface area contributed by atoms with E-state index in [-0.39, 0.29) is 5.92 Å². The van der Waals surface area contributed by atoms with Crippen LogP contribution in [0.2, 0.25) is 0 Å². The number of rotatable bonds is 3. The van der Waals surface area contributed by atoms with E-state index in [9.17, 15) is 8.42 Å². The molecule has 124 valence electrons. The molecular weight excluding hydrogens is 324 g/mol. The normalized spacial score (nSPS) is 19.6. The third-order valence-corrected chi connectivity index (χ3v) is 6.44. The molecule has 6 nitrogen and oxygen atoms in total. The van der Waals surface area contributed by atoms with E-state index in [1.807, 2.05) is 12.1 Å². The number of fused-ring (bicyclic) bond motifs is 1. The first kappa shape index (κ1) is 15.3. The maximum atomic E-state index is 13.2. The number of nitrogens with one attached hydrogen (secondary N) is 1. The van der Waals surface area contributed by atoms with E-state index in [0.717, 1.165) is 18.7 Å². The monoisotopic (exact) mass is 342 g/mol. The van der Waals surface area contributed by atoms with Gasteiger partial charge in [-0.15, -0.1) is 0 Å². The van der Waals surface area contributed by atoms with Crippen LogP contribution in [0.15, 0.2) is 53.8 Å². The minimum Gasteiger partial charge on any atom is -0.348 e. The molecule has 3 aromatic rings. The van der Waals surface area contributed by atoms with Crippen LogP contribution in [0.1, 0.15) is 24.6 Å². The molecule has 0 bridgehead atoms. The molecule has 4 rings (SSSR count). The molecule has 1 unspecified atom stereocenters. The van der Waals surface area contributed by atoms with Gasteiger partial charge in [0, 0.05) is 43.0 Å². The maximum absolute atomic E-state index is 13.2. The zero-order valence-corrected chi connectivity index (χ0v) is 13.9. The molecule has 0 radical (unpaired) electrons. The van der Waals surface area contributed by atoms with Gasteiger partial charge in [-0.2, -0.15) is 4.31 Å². The number of aromatic nitrogens is 3. The minimum atomic E-state index is -3.56. The van der Waals surface area contributed by atoms with Gasteiger partial charge in [-0.3, -0.25) is 4.98 Å². The first-order chi connectivity index (χ1) is 11.7. The Labute approximate surface area is 140 Å². The van der Waals surface area contributed by atoms with Crippen molar-refractivity contribution < 1.29 is 8.42 Å². The maximum Gasteiger partial charge on any atom is 0.243 e. The highest BCUT2D eigenvalue weighted by Gasteiger charge is 2.32. The summed E-state index contributed by atoms with van der Waals surface area (Å²) in [6.07, 6.45) is 6.93. The van der Waals surface area contributed by atoms with Crippen molar-refractivity contribution in [2.45, 2.75) is 23.7 Å². The third kappa shape index (κ3) is 2.59. The summed E-state index contributed by atoms with van der Waals surface area (Å²) in [6, 6.07) is 8.81. The lowest BCUT2D eigenvalue weighted by molar-refractivity contribution is 0.310. The van der Waals surface area contributed by atoms with Gasteiger partial charge < -0.3 is 4.98 Å². The molecular formula is C17H18N4O2S. The van der Waals surface area contributed by atoms with E-state index < -0.39 is 10.0 Å². The summed E-state index contributed by atoms with van der Waals surface area (Å²) in [7, 11) is -3.56. The van der Waals surface area contributed by atoms with E-state index in [0.29, 0.717) is 28.9 Å². The van der Waals surface area contributed by atoms with Crippen LogP contribution in [0, 0.1) is 0 Å². The molecule has 7 heteroatoms. The quantitative estimate of drug-likeness (QED) is 0.793. The highest BCUT2D eigenvalue weighted by Crippen LogP contribution is 2.30. The van der Waals surface area contributed by atoms with Crippen molar-refractivity contribution in [3.63, 3.8) is 0 Å². The van der Waals surface area contributed by atoms with Gasteiger partial charge in [0.1, 0.15) is 5.82 Å². The van der Waals surface area contributed by atoms with Crippen LogP contribution >= 0.6 is 0 Å². The Hall–Kier alpha value is -2.25. The number of sulfonamides is 1. The van der Waals surface area contributed by atoms with Crippen molar-refractivity contribution in [2.75, 3.05) is 13.1 Å². The summed E-state index contributed by atoms with van der Waals surface area (Å²) in [5, 5.41) is 0.667. The molecule has 0 spiro atoms. The molecule has 1 N–H and O–H groups in total. The molecule has 24 heavy (non-hydrogen) atoms. The third-order valence-electron chi connectivity index (χ3n) is 4.51. The number of nitrogens with zero attached hydrogens (tertiary/aromatic N) is 3. The smallest absolute Gasteiger partial charge is 0.243 e. The highest BCUT2D eigenvalue weighted by atomic mass is 32.2. The second-order valence-corrected chi connectivity index (χ2v) is 7.91. The summed E-state index contributed by atoms with van der Waals surface area (Å²) < 4.78 is 27.9. The fourth-order valence-electron chi connectivity index (χ4n) is 3.32. The zero-order valence-electron chi connectivity index (χ0n) is 13.1. The summed E-state index contributed by atoms with van der Waals surface area (Å²) in [5.74, 6) is 0.964. The van der Waals surface area contributed by atoms with Crippen molar-refractivity contribution in [3.05, 3.63) is 54.7 Å². The van der Waals surface area contributed by atoms with Crippen LogP contribution in [0.5, 0.6) is 0 Å². The van der Waals surface area contributed by atoms with E-state index in [4.69, 9.17) is 0 Å². The van der Waals surface area contributed by atoms with Crippen molar-refractivity contribution in [1.82, 2.24) is 19.3 Å². The fraction of sp³-hybridized carbons (Fsp3) is 0.294. The second kappa shape index (κ2) is 5.99. The van der Waals surface area contributed by atoms with Crippen molar-refractivity contribution in [1.29, 1.82) is 0 Å². The molecule has 0 aliphatic carbocycles. The molecule has 1 aromatic carbocycles. The van der Waals surface area contributed by atoms with Gasteiger partial charge in [0.15, 0.2) is 0 Å². The van der Waals surface area contributed by atoms with Gasteiger partial charge in [-0.1, -0.05) is 6.07 Å². The zero-order chi connectivity index (χ0) is 16.6. The minimum absolute atomic E-state index is 0.108. The topological polar surface area (TPSA) is 79.0 Å². The lowest BCUT2D eigenvalue weighted by Crippen LogP contribution is -2.39. The van der Waals surface area contributed by atoms with Crippen LogP contribution < -0.4 is 0 Å². The summed E-state index contributed by atoms with van der Waals surface area (Å²) >= 11 is 0. The van der Waals surface area contributed by atoms with Crippen molar-refractivity contribution in [2.24, 2.45) is 0 Å². The lowest BCUT2D eigenvalue weighted by Gasteiger charge is -2.31. The molecule has 1 fully saturated rings. The standard InChI is InChI=1S/C17H18N4O2S/c22-24(23,16-7-1-6-15-14(16)5-2-8-18-15)21-11-3-4-13(12-21)17-19-9-10-20-17/h1-2,5-10,13H,3-4,11-12H2,(H,19,20). The van der Waals surface area contributed by atoms with Crippen LogP contribution in [0.3, 0.4) is 0 Å². The predicted molar refractivity (Wildman–Crippen MR) is 91.1 cm³/mol. The number of hydrogen-bond acceptors (Lipinski definition) is 4. The molecule has 1 atom stereocenters. The van der Waals surface area contributed by atoms with Gasteiger partial charge >= 0.3 is 0 Å². The van der Waals surface area contributed by atoms with E-state index >= 15 is 0 Å². The van der Waals surface area contributed by atoms with Crippen LogP contribution in [0.25, 0.3) is 10.9 Å². The fourth-order valence-corrected chi connectivity index (χ4v) is 5.05. The predicted octanol–water partition coefficient (Wildman–Crippen LogP) is 2.53. The molecule has 0 saturated carbocycles. The van der Waals surface area contributed by atoms with Crippen molar-refractivity contribution >= 4 is 20.9 Å². The van der Waals surface area contributed by atoms with Crippen LogP contribution in [0.4, 0.5) is 0 Å². The summed E-state index contributed by atoms with van der Waals surface area (Å²) in [4.78, 5) is 12.0. The number of pyridine rings is 1. The lowest BCUT2D eigenvalue weighted by atomic mass is 9.99. The Kier molecular flexibility index (Phi) is 3.82. The number of imidazole rings is 1. The Morgan fingerprint density at radius 1 is 1.12 bits per heavy atom. The molecule has 0 amide bonds. The van der Waals surface area contributed by atoms with Crippen LogP contribution in [-0.2, 0) is 10.0 Å². The summed E-state index contributed by atoms with van der Waals surface area (Å²) in [6.45, 7) is 0.989. The Morgan fingerprint density at radius 2 is 2.04 bits per heavy atom. The Bertz CT molecular complexity index is 948. The average molecular weight is 342 g/mol. The van der Waals surface area contributed by atoms with Gasteiger partial charge in [0.2, 0.25) is 10.0 Å². The SMILES string of the molecule is O=S(=O)(c1cccc2ncccc12)N1CCCC(c2ncc[nH]2)C1. The Balaban J connectivity index is 1.71. The first-order valence-electron chi connectivity index (χ1n) is 7.99. The molecule has 1 aliphatic rings. The number of aromatic amines is 1. The van der Waals surface area contributed by atoms with Gasteiger partial charge in [-0.25, -0.2) is 13.4 Å². The van der Waals surface area contributed by atoms with Crippen molar-refractivity contribution in [3.8, 4) is 0 Å². The summed E-state index contributed by atoms with van der Waals surface area (Å²) in [5.41, 5.74) is 0.693. The number of benzene rings is 1. The van der Waals surface area contributed by atoms with E-state index in [1.165, 1.54) is 0 Å². The second-order valence-electron chi connectivity index (χ2n) is 6.00. The molecule has 3 heterocycles. The van der Waals surface area contributed by atoms with Gasteiger partial charge in [0.25, 0.3) is 0 Å². The van der Waals surface area contributed by atoms with Gasteiger partial charge in [-0.05, 0) is 37.1 Å². The van der Waals surface area contributed by atoms with E-state index in [2.05, 4.69) is 15.0 Å². The molecule has 1 aliphatic heterocycles. The van der Waals surface area contributed by atoms with Gasteiger partial charge in [0.05, 0.1) is 10.4 Å². The van der Waals surface area contributed by atoms with Crippen LogP contribution in [-0.4, -0.2) is 40.8 Å². The number of hydrogen-bond donors (Lipinski definition) is 1. The largest absolute Gasteiger partial charge is 0.348 e. The molecule has 1 saturated heterocycles. The average Bonchev–Trinajstić information content (AvgIpc) is 3.16.